The van der Waals surface area contributed by atoms with E-state index in [1.54, 1.807) is 12.0 Å². The molecule has 1 heterocycles. The molecule has 1 aromatic rings. The number of carboxylic acids is 1. The van der Waals surface area contributed by atoms with Crippen LogP contribution in [0.5, 0.6) is 11.5 Å². The highest BCUT2D eigenvalue weighted by Crippen LogP contribution is 2.42. The van der Waals surface area contributed by atoms with Crippen LogP contribution in [0.3, 0.4) is 0 Å². The van der Waals surface area contributed by atoms with E-state index in [2.05, 4.69) is 0 Å². The van der Waals surface area contributed by atoms with E-state index in [0.29, 0.717) is 31.9 Å². The quantitative estimate of drug-likeness (QED) is 0.767. The van der Waals surface area contributed by atoms with Gasteiger partial charge in [0.15, 0.2) is 0 Å². The SMILES string of the molecule is COc1ccc(OCCCC(=O)N2CC3CCCC3C2C(=O)O)cc1. The second-order valence-electron chi connectivity index (χ2n) is 6.81. The lowest BCUT2D eigenvalue weighted by Crippen LogP contribution is -2.43. The van der Waals surface area contributed by atoms with E-state index in [-0.39, 0.29) is 11.8 Å². The van der Waals surface area contributed by atoms with Crippen molar-refractivity contribution in [2.24, 2.45) is 11.8 Å². The molecule has 25 heavy (non-hydrogen) atoms. The van der Waals surface area contributed by atoms with Crippen molar-refractivity contribution in [3.8, 4) is 11.5 Å². The van der Waals surface area contributed by atoms with Gasteiger partial charge in [-0.05, 0) is 55.4 Å². The number of methoxy groups -OCH3 is 1. The molecule has 1 aliphatic carbocycles. The van der Waals surface area contributed by atoms with Crippen molar-refractivity contribution in [2.45, 2.75) is 38.1 Å². The zero-order chi connectivity index (χ0) is 17.8. The van der Waals surface area contributed by atoms with E-state index in [4.69, 9.17) is 9.47 Å². The first-order valence-electron chi connectivity index (χ1n) is 8.89. The minimum atomic E-state index is -0.864. The topological polar surface area (TPSA) is 76.1 Å². The Balaban J connectivity index is 1.46. The number of likely N-dealkylation sites (tertiary alicyclic amines) is 1. The number of carbonyl (C=O) groups is 2. The van der Waals surface area contributed by atoms with Gasteiger partial charge in [-0.15, -0.1) is 0 Å². The third-order valence-corrected chi connectivity index (χ3v) is 5.33. The van der Waals surface area contributed by atoms with E-state index in [1.165, 1.54) is 0 Å². The monoisotopic (exact) mass is 347 g/mol. The second kappa shape index (κ2) is 7.76. The number of fused-ring (bicyclic) bond motifs is 1. The Morgan fingerprint density at radius 2 is 1.92 bits per heavy atom. The summed E-state index contributed by atoms with van der Waals surface area (Å²) in [5.41, 5.74) is 0. The number of aliphatic carboxylic acids is 1. The van der Waals surface area contributed by atoms with Crippen molar-refractivity contribution in [3.63, 3.8) is 0 Å². The summed E-state index contributed by atoms with van der Waals surface area (Å²) in [5, 5.41) is 9.51. The van der Waals surface area contributed by atoms with Crippen molar-refractivity contribution in [1.29, 1.82) is 0 Å². The first-order valence-corrected chi connectivity index (χ1v) is 8.89. The van der Waals surface area contributed by atoms with Gasteiger partial charge >= 0.3 is 5.97 Å². The van der Waals surface area contributed by atoms with Crippen molar-refractivity contribution < 1.29 is 24.2 Å². The normalized spacial score (nSPS) is 24.8. The largest absolute Gasteiger partial charge is 0.497 e. The number of amides is 1. The fourth-order valence-electron chi connectivity index (χ4n) is 4.11. The van der Waals surface area contributed by atoms with Gasteiger partial charge in [-0.3, -0.25) is 4.79 Å². The lowest BCUT2D eigenvalue weighted by molar-refractivity contribution is -0.149. The van der Waals surface area contributed by atoms with Gasteiger partial charge in [0.25, 0.3) is 0 Å². The molecule has 1 amide bonds. The van der Waals surface area contributed by atoms with Crippen LogP contribution in [-0.4, -0.2) is 48.2 Å². The van der Waals surface area contributed by atoms with Gasteiger partial charge in [0.2, 0.25) is 5.91 Å². The first kappa shape index (κ1) is 17.6. The molecule has 1 saturated heterocycles. The van der Waals surface area contributed by atoms with Crippen LogP contribution < -0.4 is 9.47 Å². The maximum Gasteiger partial charge on any atom is 0.326 e. The number of rotatable bonds is 7. The summed E-state index contributed by atoms with van der Waals surface area (Å²) in [5.74, 6) is 1.06. The van der Waals surface area contributed by atoms with Crippen molar-refractivity contribution in [3.05, 3.63) is 24.3 Å². The minimum Gasteiger partial charge on any atom is -0.497 e. The maximum absolute atomic E-state index is 12.5. The fraction of sp³-hybridized carbons (Fsp3) is 0.579. The summed E-state index contributed by atoms with van der Waals surface area (Å²) in [7, 11) is 1.61. The van der Waals surface area contributed by atoms with Crippen LogP contribution in [0.2, 0.25) is 0 Å². The van der Waals surface area contributed by atoms with E-state index in [9.17, 15) is 14.7 Å². The highest BCUT2D eigenvalue weighted by molar-refractivity contribution is 5.84. The van der Waals surface area contributed by atoms with E-state index >= 15 is 0 Å². The zero-order valence-corrected chi connectivity index (χ0v) is 14.5. The van der Waals surface area contributed by atoms with Crippen LogP contribution in [0.4, 0.5) is 0 Å². The zero-order valence-electron chi connectivity index (χ0n) is 14.5. The van der Waals surface area contributed by atoms with Crippen molar-refractivity contribution in [2.75, 3.05) is 20.3 Å². The Bertz CT molecular complexity index is 615. The number of hydrogen-bond acceptors (Lipinski definition) is 4. The van der Waals surface area contributed by atoms with Crippen LogP contribution >= 0.6 is 0 Å². The molecule has 0 radical (unpaired) electrons. The van der Waals surface area contributed by atoms with Gasteiger partial charge in [-0.2, -0.15) is 0 Å². The molecule has 6 heteroatoms. The molecular formula is C19H25NO5. The van der Waals surface area contributed by atoms with Gasteiger partial charge in [0.05, 0.1) is 13.7 Å². The Morgan fingerprint density at radius 1 is 1.20 bits per heavy atom. The average Bonchev–Trinajstić information content (AvgIpc) is 3.19. The van der Waals surface area contributed by atoms with Gasteiger partial charge in [-0.25, -0.2) is 4.79 Å². The molecule has 0 aromatic heterocycles. The number of benzene rings is 1. The van der Waals surface area contributed by atoms with Crippen LogP contribution in [0, 0.1) is 11.8 Å². The second-order valence-corrected chi connectivity index (χ2v) is 6.81. The van der Waals surface area contributed by atoms with Gasteiger partial charge in [0, 0.05) is 13.0 Å². The number of hydrogen-bond donors (Lipinski definition) is 1. The fourth-order valence-corrected chi connectivity index (χ4v) is 4.11. The summed E-state index contributed by atoms with van der Waals surface area (Å²) >= 11 is 0. The third kappa shape index (κ3) is 3.89. The number of ether oxygens (including phenoxy) is 2. The molecule has 2 fully saturated rings. The molecule has 1 saturated carbocycles. The summed E-state index contributed by atoms with van der Waals surface area (Å²) in [4.78, 5) is 25.7. The molecule has 2 aliphatic rings. The number of nitrogens with zero attached hydrogens (tertiary/aromatic N) is 1. The molecule has 0 spiro atoms. The Hall–Kier alpha value is -2.24. The molecule has 136 valence electrons. The van der Waals surface area contributed by atoms with Gasteiger partial charge < -0.3 is 19.5 Å². The van der Waals surface area contributed by atoms with Crippen LogP contribution in [0.1, 0.15) is 32.1 Å². The Morgan fingerprint density at radius 3 is 2.60 bits per heavy atom. The van der Waals surface area contributed by atoms with Crippen molar-refractivity contribution in [1.82, 2.24) is 4.90 Å². The lowest BCUT2D eigenvalue weighted by Gasteiger charge is -2.24. The predicted octanol–water partition coefficient (Wildman–Crippen LogP) is 2.57. The summed E-state index contributed by atoms with van der Waals surface area (Å²) in [6.45, 7) is 1.02. The highest BCUT2D eigenvalue weighted by Gasteiger charge is 2.49. The van der Waals surface area contributed by atoms with Crippen molar-refractivity contribution >= 4 is 11.9 Å². The lowest BCUT2D eigenvalue weighted by atomic mass is 9.94. The standard InChI is InChI=1S/C19H25NO5/c1-24-14-7-9-15(10-8-14)25-11-3-6-17(21)20-12-13-4-2-5-16(13)18(20)19(22)23/h7-10,13,16,18H,2-6,11-12H2,1H3,(H,22,23). The molecule has 1 aliphatic heterocycles. The molecule has 6 nitrogen and oxygen atoms in total. The summed E-state index contributed by atoms with van der Waals surface area (Å²) < 4.78 is 10.7. The highest BCUT2D eigenvalue weighted by atomic mass is 16.5. The summed E-state index contributed by atoms with van der Waals surface area (Å²) in [6.07, 6.45) is 3.93. The molecule has 3 unspecified atom stereocenters. The molecule has 3 rings (SSSR count). The van der Waals surface area contributed by atoms with Crippen LogP contribution in [0.25, 0.3) is 0 Å². The maximum atomic E-state index is 12.5. The Labute approximate surface area is 147 Å². The van der Waals surface area contributed by atoms with E-state index < -0.39 is 12.0 Å². The van der Waals surface area contributed by atoms with Gasteiger partial charge in [0.1, 0.15) is 17.5 Å². The third-order valence-electron chi connectivity index (χ3n) is 5.33. The molecular weight excluding hydrogens is 322 g/mol. The smallest absolute Gasteiger partial charge is 0.326 e. The van der Waals surface area contributed by atoms with Crippen LogP contribution in [-0.2, 0) is 9.59 Å². The minimum absolute atomic E-state index is 0.0693. The van der Waals surface area contributed by atoms with E-state index in [0.717, 1.165) is 30.8 Å². The first-order chi connectivity index (χ1) is 12.1. The average molecular weight is 347 g/mol. The number of carbonyl (C=O) groups excluding carboxylic acids is 1. The number of carboxylic acid groups (broad SMARTS) is 1. The van der Waals surface area contributed by atoms with Crippen LogP contribution in [0.15, 0.2) is 24.3 Å². The molecule has 0 bridgehead atoms. The molecule has 3 atom stereocenters. The molecule has 1 N–H and O–H groups in total. The Kier molecular flexibility index (Phi) is 5.46. The van der Waals surface area contributed by atoms with Gasteiger partial charge in [-0.1, -0.05) is 6.42 Å². The molecule has 1 aromatic carbocycles. The summed E-state index contributed by atoms with van der Waals surface area (Å²) in [6, 6.07) is 6.65. The van der Waals surface area contributed by atoms with E-state index in [1.807, 2.05) is 24.3 Å². The predicted molar refractivity (Wildman–Crippen MR) is 91.7 cm³/mol.